The zero-order valence-corrected chi connectivity index (χ0v) is 11.9. The fourth-order valence-corrected chi connectivity index (χ4v) is 3.28. The molecule has 3 rings (SSSR count). The first-order chi connectivity index (χ1) is 10.3. The number of benzene rings is 2. The van der Waals surface area contributed by atoms with E-state index in [9.17, 15) is 18.0 Å². The molecule has 0 bridgehead atoms. The first-order valence-electron chi connectivity index (χ1n) is 6.34. The van der Waals surface area contributed by atoms with Gasteiger partial charge in [-0.3, -0.25) is 4.79 Å². The minimum Gasteiger partial charge on any atom is -0.481 e. The van der Waals surface area contributed by atoms with E-state index in [2.05, 4.69) is 5.32 Å². The van der Waals surface area contributed by atoms with Crippen molar-refractivity contribution in [1.82, 2.24) is 0 Å². The molecule has 0 radical (unpaired) electrons. The molecule has 114 valence electrons. The van der Waals surface area contributed by atoms with Crippen molar-refractivity contribution in [1.29, 1.82) is 0 Å². The Bertz CT molecular complexity index is 759. The van der Waals surface area contributed by atoms with Crippen molar-refractivity contribution in [2.45, 2.75) is 22.4 Å². The van der Waals surface area contributed by atoms with Crippen LogP contribution in [0.25, 0.3) is 0 Å². The predicted molar refractivity (Wildman–Crippen MR) is 76.6 cm³/mol. The van der Waals surface area contributed by atoms with Gasteiger partial charge in [-0.05, 0) is 29.8 Å². The Balaban J connectivity index is 2.02. The average Bonchev–Trinajstić information content (AvgIpc) is 2.43. The molecular weight excluding hydrogens is 315 g/mol. The third-order valence-electron chi connectivity index (χ3n) is 3.24. The Hall–Kier alpha value is -2.15. The third kappa shape index (κ3) is 2.76. The number of para-hydroxylation sites is 1. The molecular formula is C15H10F3NO2S. The number of halogens is 3. The van der Waals surface area contributed by atoms with Crippen LogP contribution in [0.5, 0.6) is 0 Å². The molecule has 1 aliphatic heterocycles. The normalized spacial score (nSPS) is 13.0. The standard InChI is InChI=1S/C15H10F3NO2S/c16-15(17,18)9-4-5-11-10(7-9)19-14-8(6-13(20)21)2-1-3-12(14)22-11/h1-5,7,19H,6H2,(H,20,21). The molecule has 0 saturated heterocycles. The van der Waals surface area contributed by atoms with Crippen LogP contribution in [0.4, 0.5) is 24.5 Å². The minimum absolute atomic E-state index is 0.189. The van der Waals surface area contributed by atoms with E-state index in [1.165, 1.54) is 17.8 Å². The second-order valence-electron chi connectivity index (χ2n) is 4.80. The summed E-state index contributed by atoms with van der Waals surface area (Å²) in [6.45, 7) is 0. The summed E-state index contributed by atoms with van der Waals surface area (Å²) < 4.78 is 38.4. The van der Waals surface area contributed by atoms with Crippen molar-refractivity contribution >= 4 is 29.1 Å². The van der Waals surface area contributed by atoms with Crippen molar-refractivity contribution in [3.8, 4) is 0 Å². The first-order valence-corrected chi connectivity index (χ1v) is 7.16. The molecule has 0 atom stereocenters. The lowest BCUT2D eigenvalue weighted by Gasteiger charge is -2.24. The molecule has 0 aromatic heterocycles. The van der Waals surface area contributed by atoms with E-state index in [1.807, 2.05) is 0 Å². The third-order valence-corrected chi connectivity index (χ3v) is 4.38. The summed E-state index contributed by atoms with van der Waals surface area (Å²) in [5.74, 6) is -0.991. The van der Waals surface area contributed by atoms with Gasteiger partial charge in [-0.1, -0.05) is 23.9 Å². The van der Waals surface area contributed by atoms with Gasteiger partial charge in [0.25, 0.3) is 0 Å². The highest BCUT2D eigenvalue weighted by atomic mass is 32.2. The molecule has 7 heteroatoms. The highest BCUT2D eigenvalue weighted by Crippen LogP contribution is 2.47. The maximum atomic E-state index is 12.8. The van der Waals surface area contributed by atoms with Crippen LogP contribution in [0.2, 0.25) is 0 Å². The highest BCUT2D eigenvalue weighted by Gasteiger charge is 2.32. The van der Waals surface area contributed by atoms with Crippen molar-refractivity contribution in [3.05, 3.63) is 47.5 Å². The number of hydrogen-bond donors (Lipinski definition) is 2. The number of rotatable bonds is 2. The van der Waals surface area contributed by atoms with Crippen LogP contribution in [-0.4, -0.2) is 11.1 Å². The molecule has 2 N–H and O–H groups in total. The molecule has 0 spiro atoms. The van der Waals surface area contributed by atoms with Gasteiger partial charge in [0.05, 0.1) is 23.4 Å². The van der Waals surface area contributed by atoms with Gasteiger partial charge >= 0.3 is 12.1 Å². The fourth-order valence-electron chi connectivity index (χ4n) is 2.26. The van der Waals surface area contributed by atoms with E-state index in [1.54, 1.807) is 18.2 Å². The van der Waals surface area contributed by atoms with Gasteiger partial charge in [-0.2, -0.15) is 13.2 Å². The van der Waals surface area contributed by atoms with Gasteiger partial charge in [-0.25, -0.2) is 0 Å². The lowest BCUT2D eigenvalue weighted by molar-refractivity contribution is -0.138. The van der Waals surface area contributed by atoms with Crippen LogP contribution in [0.1, 0.15) is 11.1 Å². The van der Waals surface area contributed by atoms with Crippen molar-refractivity contribution in [2.75, 3.05) is 5.32 Å². The molecule has 2 aromatic rings. The SMILES string of the molecule is O=C(O)Cc1cccc2c1Nc1cc(C(F)(F)F)ccc1S2. The maximum Gasteiger partial charge on any atom is 0.416 e. The molecule has 22 heavy (non-hydrogen) atoms. The summed E-state index contributed by atoms with van der Waals surface area (Å²) in [6.07, 6.45) is -4.60. The summed E-state index contributed by atoms with van der Waals surface area (Å²) in [4.78, 5) is 12.4. The fraction of sp³-hybridized carbons (Fsp3) is 0.133. The Morgan fingerprint density at radius 1 is 1.18 bits per heavy atom. The van der Waals surface area contributed by atoms with E-state index in [0.29, 0.717) is 21.8 Å². The largest absolute Gasteiger partial charge is 0.481 e. The Morgan fingerprint density at radius 2 is 1.95 bits per heavy atom. The molecule has 1 aliphatic rings. The molecule has 3 nitrogen and oxygen atoms in total. The molecule has 0 amide bonds. The lowest BCUT2D eigenvalue weighted by Crippen LogP contribution is -2.10. The number of carboxylic acid groups (broad SMARTS) is 1. The summed E-state index contributed by atoms with van der Waals surface area (Å²) >= 11 is 1.32. The second-order valence-corrected chi connectivity index (χ2v) is 5.88. The Morgan fingerprint density at radius 3 is 2.64 bits per heavy atom. The van der Waals surface area contributed by atoms with Gasteiger partial charge in [0.1, 0.15) is 0 Å². The van der Waals surface area contributed by atoms with Gasteiger partial charge < -0.3 is 10.4 Å². The van der Waals surface area contributed by atoms with E-state index in [4.69, 9.17) is 5.11 Å². The Labute approximate surface area is 128 Å². The molecule has 0 unspecified atom stereocenters. The van der Waals surface area contributed by atoms with Crippen molar-refractivity contribution < 1.29 is 23.1 Å². The van der Waals surface area contributed by atoms with Gasteiger partial charge in [-0.15, -0.1) is 0 Å². The first kappa shape index (κ1) is 14.8. The van der Waals surface area contributed by atoms with Crippen LogP contribution in [0.15, 0.2) is 46.2 Å². The highest BCUT2D eigenvalue weighted by molar-refractivity contribution is 7.99. The van der Waals surface area contributed by atoms with Crippen LogP contribution < -0.4 is 5.32 Å². The van der Waals surface area contributed by atoms with E-state index in [-0.39, 0.29) is 6.42 Å². The molecule has 0 fully saturated rings. The number of carbonyl (C=O) groups is 1. The van der Waals surface area contributed by atoms with E-state index in [0.717, 1.165) is 17.0 Å². The minimum atomic E-state index is -4.41. The van der Waals surface area contributed by atoms with Crippen molar-refractivity contribution in [2.24, 2.45) is 0 Å². The van der Waals surface area contributed by atoms with Crippen molar-refractivity contribution in [3.63, 3.8) is 0 Å². The number of carboxylic acids is 1. The summed E-state index contributed by atoms with van der Waals surface area (Å²) in [6, 6.07) is 8.70. The molecule has 1 heterocycles. The van der Waals surface area contributed by atoms with Gasteiger partial charge in [0.15, 0.2) is 0 Å². The van der Waals surface area contributed by atoms with Crippen LogP contribution in [0.3, 0.4) is 0 Å². The number of hydrogen-bond acceptors (Lipinski definition) is 3. The zero-order chi connectivity index (χ0) is 15.9. The second kappa shape index (κ2) is 5.24. The lowest BCUT2D eigenvalue weighted by atomic mass is 10.1. The number of anilines is 2. The smallest absolute Gasteiger partial charge is 0.416 e. The predicted octanol–water partition coefficient (Wildman–Crippen LogP) is 4.54. The quantitative estimate of drug-likeness (QED) is 0.726. The van der Waals surface area contributed by atoms with Gasteiger partial charge in [0.2, 0.25) is 0 Å². The van der Waals surface area contributed by atoms with E-state index < -0.39 is 17.7 Å². The van der Waals surface area contributed by atoms with Crippen LogP contribution in [-0.2, 0) is 17.4 Å². The summed E-state index contributed by atoms with van der Waals surface area (Å²) in [5.41, 5.74) is 0.700. The average molecular weight is 325 g/mol. The summed E-state index contributed by atoms with van der Waals surface area (Å²) in [7, 11) is 0. The molecule has 2 aromatic carbocycles. The monoisotopic (exact) mass is 325 g/mol. The number of alkyl halides is 3. The Kier molecular flexibility index (Phi) is 3.52. The number of aliphatic carboxylic acids is 1. The number of nitrogens with one attached hydrogen (secondary N) is 1. The maximum absolute atomic E-state index is 12.8. The van der Waals surface area contributed by atoms with Crippen LogP contribution >= 0.6 is 11.8 Å². The summed E-state index contributed by atoms with van der Waals surface area (Å²) in [5, 5.41) is 11.9. The van der Waals surface area contributed by atoms with Crippen LogP contribution in [0, 0.1) is 0 Å². The number of fused-ring (bicyclic) bond motifs is 2. The zero-order valence-electron chi connectivity index (χ0n) is 11.1. The molecule has 0 aliphatic carbocycles. The van der Waals surface area contributed by atoms with Gasteiger partial charge in [0, 0.05) is 9.79 Å². The van der Waals surface area contributed by atoms with E-state index >= 15 is 0 Å². The molecule has 0 saturated carbocycles. The topological polar surface area (TPSA) is 49.3 Å².